The highest BCUT2D eigenvalue weighted by molar-refractivity contribution is 6.31. The number of hydrogen-bond acceptors (Lipinski definition) is 2. The van der Waals surface area contributed by atoms with E-state index in [4.69, 9.17) is 16.7 Å². The highest BCUT2D eigenvalue weighted by Gasteiger charge is 2.08. The van der Waals surface area contributed by atoms with Gasteiger partial charge < -0.3 is 10.4 Å². The molecule has 0 saturated carbocycles. The molecular formula is C11H13ClFNO2. The lowest BCUT2D eigenvalue weighted by Gasteiger charge is -2.06. The zero-order valence-corrected chi connectivity index (χ0v) is 9.43. The van der Waals surface area contributed by atoms with Crippen LogP contribution in [0.5, 0.6) is 0 Å². The van der Waals surface area contributed by atoms with E-state index in [1.165, 1.54) is 12.1 Å². The summed E-state index contributed by atoms with van der Waals surface area (Å²) in [5, 5.41) is 10.9. The minimum Gasteiger partial charge on any atom is -0.396 e. The fourth-order valence-electron chi connectivity index (χ4n) is 1.21. The van der Waals surface area contributed by atoms with E-state index in [1.54, 1.807) is 6.07 Å². The second-order valence-corrected chi connectivity index (χ2v) is 3.74. The number of carbonyl (C=O) groups is 1. The molecule has 0 aliphatic heterocycles. The summed E-state index contributed by atoms with van der Waals surface area (Å²) in [4.78, 5) is 11.3. The lowest BCUT2D eigenvalue weighted by Crippen LogP contribution is -2.12. The smallest absolute Gasteiger partial charge is 0.224 e. The van der Waals surface area contributed by atoms with Crippen LogP contribution in [0.2, 0.25) is 5.02 Å². The first-order valence-corrected chi connectivity index (χ1v) is 5.37. The first kappa shape index (κ1) is 12.9. The summed E-state index contributed by atoms with van der Waals surface area (Å²) in [6.07, 6.45) is 1.39. The van der Waals surface area contributed by atoms with Gasteiger partial charge in [-0.3, -0.25) is 4.79 Å². The average molecular weight is 246 g/mol. The predicted molar refractivity (Wildman–Crippen MR) is 61.0 cm³/mol. The molecule has 0 bridgehead atoms. The molecule has 88 valence electrons. The van der Waals surface area contributed by atoms with Crippen molar-refractivity contribution in [2.24, 2.45) is 0 Å². The average Bonchev–Trinajstić information content (AvgIpc) is 2.25. The Morgan fingerprint density at radius 1 is 1.44 bits per heavy atom. The van der Waals surface area contributed by atoms with Crippen LogP contribution in [-0.2, 0) is 4.79 Å². The Bertz CT molecular complexity index is 371. The third-order valence-corrected chi connectivity index (χ3v) is 2.33. The number of hydrogen-bond donors (Lipinski definition) is 2. The van der Waals surface area contributed by atoms with Crippen LogP contribution < -0.4 is 5.32 Å². The van der Waals surface area contributed by atoms with Crippen LogP contribution in [0.4, 0.5) is 10.1 Å². The summed E-state index contributed by atoms with van der Waals surface area (Å²) in [6, 6.07) is 4.43. The Kier molecular flexibility index (Phi) is 5.22. The predicted octanol–water partition coefficient (Wildman–Crippen LogP) is 2.58. The lowest BCUT2D eigenvalue weighted by molar-refractivity contribution is -0.116. The Balaban J connectivity index is 2.53. The number of carbonyl (C=O) groups excluding carboxylic acids is 1. The highest BCUT2D eigenvalue weighted by atomic mass is 35.5. The largest absolute Gasteiger partial charge is 0.396 e. The number of rotatable bonds is 5. The zero-order valence-electron chi connectivity index (χ0n) is 8.67. The molecule has 1 aromatic rings. The topological polar surface area (TPSA) is 49.3 Å². The van der Waals surface area contributed by atoms with Gasteiger partial charge in [0.05, 0.1) is 10.7 Å². The molecule has 0 heterocycles. The van der Waals surface area contributed by atoms with Gasteiger partial charge in [0.2, 0.25) is 5.91 Å². The van der Waals surface area contributed by atoms with Gasteiger partial charge in [0.25, 0.3) is 0 Å². The number of aliphatic hydroxyl groups is 1. The van der Waals surface area contributed by atoms with Crippen molar-refractivity contribution in [3.63, 3.8) is 0 Å². The Morgan fingerprint density at radius 2 is 2.19 bits per heavy atom. The normalized spacial score (nSPS) is 10.2. The molecule has 0 aliphatic carbocycles. The fourth-order valence-corrected chi connectivity index (χ4v) is 1.38. The van der Waals surface area contributed by atoms with Crippen molar-refractivity contribution in [1.29, 1.82) is 0 Å². The quantitative estimate of drug-likeness (QED) is 0.784. The van der Waals surface area contributed by atoms with E-state index in [0.717, 1.165) is 0 Å². The van der Waals surface area contributed by atoms with Crippen LogP contribution in [0, 0.1) is 5.82 Å². The molecule has 0 aromatic heterocycles. The second kappa shape index (κ2) is 6.45. The summed E-state index contributed by atoms with van der Waals surface area (Å²) in [6.45, 7) is 0.0544. The third kappa shape index (κ3) is 3.79. The van der Waals surface area contributed by atoms with Crippen molar-refractivity contribution >= 4 is 23.2 Å². The van der Waals surface area contributed by atoms with Crippen molar-refractivity contribution in [2.75, 3.05) is 11.9 Å². The van der Waals surface area contributed by atoms with E-state index in [1.807, 2.05) is 0 Å². The lowest BCUT2D eigenvalue weighted by atomic mass is 10.2. The van der Waals surface area contributed by atoms with Gasteiger partial charge in [-0.05, 0) is 25.0 Å². The number of nitrogens with one attached hydrogen (secondary N) is 1. The van der Waals surface area contributed by atoms with Gasteiger partial charge in [0.15, 0.2) is 5.82 Å². The summed E-state index contributed by atoms with van der Waals surface area (Å²) < 4.78 is 13.4. The third-order valence-electron chi connectivity index (χ3n) is 2.04. The van der Waals surface area contributed by atoms with Crippen molar-refractivity contribution in [1.82, 2.24) is 0 Å². The summed E-state index contributed by atoms with van der Waals surface area (Å²) >= 11 is 5.56. The van der Waals surface area contributed by atoms with Crippen molar-refractivity contribution < 1.29 is 14.3 Å². The van der Waals surface area contributed by atoms with E-state index >= 15 is 0 Å². The SMILES string of the molecule is O=C(CCCCO)Nc1cccc(Cl)c1F. The summed E-state index contributed by atoms with van der Waals surface area (Å²) in [7, 11) is 0. The van der Waals surface area contributed by atoms with Gasteiger partial charge in [-0.25, -0.2) is 4.39 Å². The van der Waals surface area contributed by atoms with Crippen LogP contribution in [0.3, 0.4) is 0 Å². The second-order valence-electron chi connectivity index (χ2n) is 3.33. The molecule has 0 atom stereocenters. The van der Waals surface area contributed by atoms with E-state index in [2.05, 4.69) is 5.32 Å². The summed E-state index contributed by atoms with van der Waals surface area (Å²) in [5.74, 6) is -0.908. The van der Waals surface area contributed by atoms with Crippen LogP contribution in [0.1, 0.15) is 19.3 Å². The maximum absolute atomic E-state index is 13.4. The fraction of sp³-hybridized carbons (Fsp3) is 0.364. The number of aliphatic hydroxyl groups excluding tert-OH is 1. The van der Waals surface area contributed by atoms with Gasteiger partial charge in [0.1, 0.15) is 0 Å². The molecule has 0 spiro atoms. The van der Waals surface area contributed by atoms with Crippen LogP contribution in [0.15, 0.2) is 18.2 Å². The van der Waals surface area contributed by atoms with Gasteiger partial charge >= 0.3 is 0 Å². The van der Waals surface area contributed by atoms with E-state index in [9.17, 15) is 9.18 Å². The number of unbranched alkanes of at least 4 members (excludes halogenated alkanes) is 1. The molecule has 2 N–H and O–H groups in total. The molecular weight excluding hydrogens is 233 g/mol. The Hall–Kier alpha value is -1.13. The van der Waals surface area contributed by atoms with Crippen molar-refractivity contribution in [3.05, 3.63) is 29.0 Å². The van der Waals surface area contributed by atoms with E-state index in [0.29, 0.717) is 12.8 Å². The molecule has 0 aliphatic rings. The molecule has 3 nitrogen and oxygen atoms in total. The Morgan fingerprint density at radius 3 is 2.88 bits per heavy atom. The monoisotopic (exact) mass is 245 g/mol. The van der Waals surface area contributed by atoms with Gasteiger partial charge in [-0.15, -0.1) is 0 Å². The number of halogens is 2. The molecule has 1 amide bonds. The zero-order chi connectivity index (χ0) is 12.0. The standard InChI is InChI=1S/C11H13ClFNO2/c12-8-4-3-5-9(11(8)13)14-10(16)6-1-2-7-15/h3-5,15H,1-2,6-7H2,(H,14,16). The number of amides is 1. The highest BCUT2D eigenvalue weighted by Crippen LogP contribution is 2.22. The van der Waals surface area contributed by atoms with Gasteiger partial charge in [-0.2, -0.15) is 0 Å². The van der Waals surface area contributed by atoms with Gasteiger partial charge in [-0.1, -0.05) is 17.7 Å². The maximum Gasteiger partial charge on any atom is 0.224 e. The van der Waals surface area contributed by atoms with Crippen LogP contribution in [0.25, 0.3) is 0 Å². The van der Waals surface area contributed by atoms with Gasteiger partial charge in [0, 0.05) is 13.0 Å². The molecule has 0 radical (unpaired) electrons. The van der Waals surface area contributed by atoms with E-state index in [-0.39, 0.29) is 29.6 Å². The Labute approximate surface area is 98.2 Å². The molecule has 0 unspecified atom stereocenters. The molecule has 1 aromatic carbocycles. The molecule has 0 saturated heterocycles. The minimum absolute atomic E-state index is 0.0202. The first-order chi connectivity index (χ1) is 7.65. The molecule has 1 rings (SSSR count). The number of anilines is 1. The molecule has 0 fully saturated rings. The minimum atomic E-state index is -0.625. The molecule has 5 heteroatoms. The first-order valence-electron chi connectivity index (χ1n) is 5.00. The summed E-state index contributed by atoms with van der Waals surface area (Å²) in [5.41, 5.74) is 0.0847. The van der Waals surface area contributed by atoms with Crippen molar-refractivity contribution in [2.45, 2.75) is 19.3 Å². The van der Waals surface area contributed by atoms with Crippen LogP contribution in [-0.4, -0.2) is 17.6 Å². The number of benzene rings is 1. The van der Waals surface area contributed by atoms with Crippen LogP contribution >= 0.6 is 11.6 Å². The maximum atomic E-state index is 13.4. The molecule has 16 heavy (non-hydrogen) atoms. The van der Waals surface area contributed by atoms with Crippen molar-refractivity contribution in [3.8, 4) is 0 Å². The van der Waals surface area contributed by atoms with E-state index < -0.39 is 5.82 Å².